The van der Waals surface area contributed by atoms with Crippen LogP contribution in [0, 0.1) is 18.6 Å². The van der Waals surface area contributed by atoms with Crippen molar-refractivity contribution in [2.75, 3.05) is 36.0 Å². The van der Waals surface area contributed by atoms with E-state index in [0.29, 0.717) is 19.5 Å². The van der Waals surface area contributed by atoms with Crippen molar-refractivity contribution in [2.45, 2.75) is 44.6 Å². The van der Waals surface area contributed by atoms with E-state index in [1.54, 1.807) is 11.8 Å². The topological polar surface area (TPSA) is 59.9 Å². The number of hydrogen-bond acceptors (Lipinski definition) is 5. The van der Waals surface area contributed by atoms with Crippen LogP contribution >= 0.6 is 0 Å². The van der Waals surface area contributed by atoms with Crippen LogP contribution < -0.4 is 9.80 Å². The number of aryl methyl sites for hydroxylation is 1. The lowest BCUT2D eigenvalue weighted by molar-refractivity contribution is -0.137. The normalized spacial score (nSPS) is 21.6. The number of aromatic nitrogens is 1. The van der Waals surface area contributed by atoms with Crippen LogP contribution in [-0.2, 0) is 11.0 Å². The number of amides is 1. The smallest absolute Gasteiger partial charge is 0.390 e. The van der Waals surface area contributed by atoms with Gasteiger partial charge in [-0.05, 0) is 44.5 Å². The number of aliphatic hydroxyl groups excluding tert-OH is 1. The highest BCUT2D eigenvalue weighted by Gasteiger charge is 2.45. The SMILES string of the molecule is CCN(C(=O)C1CC(N2CC(O)C2)CN1c1cc(C(F)(F)F)cc(C)n1)c1ccc(F)c(F)c1. The molecule has 11 heteroatoms. The molecule has 2 fully saturated rings. The first-order valence-electron chi connectivity index (χ1n) is 11.0. The average molecular weight is 484 g/mol. The fourth-order valence-electron chi connectivity index (χ4n) is 4.61. The van der Waals surface area contributed by atoms with Crippen molar-refractivity contribution in [3.8, 4) is 0 Å². The van der Waals surface area contributed by atoms with Gasteiger partial charge in [0.1, 0.15) is 11.9 Å². The van der Waals surface area contributed by atoms with Crippen LogP contribution in [0.2, 0.25) is 0 Å². The molecule has 2 aromatic rings. The number of anilines is 2. The summed E-state index contributed by atoms with van der Waals surface area (Å²) >= 11 is 0. The van der Waals surface area contributed by atoms with Crippen LogP contribution in [0.1, 0.15) is 24.6 Å². The molecule has 2 atom stereocenters. The van der Waals surface area contributed by atoms with E-state index >= 15 is 0 Å². The molecular weight excluding hydrogens is 459 g/mol. The zero-order valence-electron chi connectivity index (χ0n) is 18.7. The van der Waals surface area contributed by atoms with E-state index in [1.165, 1.54) is 17.9 Å². The fraction of sp³-hybridized carbons (Fsp3) is 0.478. The van der Waals surface area contributed by atoms with Crippen molar-refractivity contribution in [2.24, 2.45) is 0 Å². The molecule has 3 heterocycles. The number of carbonyl (C=O) groups is 1. The standard InChI is InChI=1S/C23H25F5N4O2/c1-3-31(15-4-5-18(24)19(25)8-15)22(34)20-9-16(30-11-17(33)12-30)10-32(20)21-7-14(23(26,27)28)6-13(2)29-21/h4-8,16-17,20,33H,3,9-12H2,1-2H3. The van der Waals surface area contributed by atoms with Gasteiger partial charge in [0.2, 0.25) is 5.91 Å². The number of pyridine rings is 1. The van der Waals surface area contributed by atoms with Gasteiger partial charge in [0.05, 0.1) is 11.7 Å². The highest BCUT2D eigenvalue weighted by Crippen LogP contribution is 2.36. The minimum Gasteiger partial charge on any atom is -0.390 e. The summed E-state index contributed by atoms with van der Waals surface area (Å²) < 4.78 is 67.6. The Morgan fingerprint density at radius 3 is 2.44 bits per heavy atom. The van der Waals surface area contributed by atoms with Crippen LogP contribution in [0.25, 0.3) is 0 Å². The molecule has 2 saturated heterocycles. The molecule has 0 radical (unpaired) electrons. The van der Waals surface area contributed by atoms with Gasteiger partial charge < -0.3 is 14.9 Å². The Kier molecular flexibility index (Phi) is 6.52. The Morgan fingerprint density at radius 1 is 1.15 bits per heavy atom. The van der Waals surface area contributed by atoms with Gasteiger partial charge in [-0.25, -0.2) is 13.8 Å². The van der Waals surface area contributed by atoms with E-state index in [9.17, 15) is 31.9 Å². The molecule has 1 N–H and O–H groups in total. The van der Waals surface area contributed by atoms with Gasteiger partial charge in [-0.15, -0.1) is 0 Å². The summed E-state index contributed by atoms with van der Waals surface area (Å²) in [4.78, 5) is 22.7. The molecule has 2 unspecified atom stereocenters. The highest BCUT2D eigenvalue weighted by molar-refractivity contribution is 5.99. The van der Waals surface area contributed by atoms with Gasteiger partial charge >= 0.3 is 6.18 Å². The quantitative estimate of drug-likeness (QED) is 0.660. The number of aliphatic hydroxyl groups is 1. The van der Waals surface area contributed by atoms with E-state index < -0.39 is 41.4 Å². The molecule has 2 aliphatic rings. The second-order valence-electron chi connectivity index (χ2n) is 8.70. The first kappa shape index (κ1) is 24.3. The maximum atomic E-state index is 13.8. The summed E-state index contributed by atoms with van der Waals surface area (Å²) in [5.41, 5.74) is -0.550. The lowest BCUT2D eigenvalue weighted by atomic mass is 10.0. The third-order valence-electron chi connectivity index (χ3n) is 6.33. The minimum atomic E-state index is -4.58. The number of hydrogen-bond donors (Lipinski definition) is 1. The van der Waals surface area contributed by atoms with Crippen molar-refractivity contribution in [3.05, 3.63) is 53.2 Å². The molecule has 34 heavy (non-hydrogen) atoms. The van der Waals surface area contributed by atoms with Crippen LogP contribution in [0.5, 0.6) is 0 Å². The molecule has 1 aromatic heterocycles. The van der Waals surface area contributed by atoms with Crippen molar-refractivity contribution >= 4 is 17.4 Å². The van der Waals surface area contributed by atoms with Crippen LogP contribution in [0.3, 0.4) is 0 Å². The molecule has 2 aliphatic heterocycles. The second-order valence-corrected chi connectivity index (χ2v) is 8.70. The molecule has 1 aromatic carbocycles. The molecule has 0 spiro atoms. The van der Waals surface area contributed by atoms with Gasteiger partial charge in [-0.1, -0.05) is 0 Å². The number of likely N-dealkylation sites (tertiary alicyclic amines) is 1. The number of halogens is 5. The summed E-state index contributed by atoms with van der Waals surface area (Å²) in [5, 5.41) is 9.69. The largest absolute Gasteiger partial charge is 0.416 e. The summed E-state index contributed by atoms with van der Waals surface area (Å²) in [5.74, 6) is -2.58. The zero-order chi connectivity index (χ0) is 24.8. The Labute approximate surface area is 193 Å². The first-order chi connectivity index (χ1) is 16.0. The molecule has 6 nitrogen and oxygen atoms in total. The number of likely N-dealkylation sites (N-methyl/N-ethyl adjacent to an activating group) is 1. The summed E-state index contributed by atoms with van der Waals surface area (Å²) in [7, 11) is 0. The lowest BCUT2D eigenvalue weighted by Crippen LogP contribution is -2.56. The first-order valence-corrected chi connectivity index (χ1v) is 11.0. The van der Waals surface area contributed by atoms with Crippen molar-refractivity contribution in [1.29, 1.82) is 0 Å². The van der Waals surface area contributed by atoms with Crippen molar-refractivity contribution < 1.29 is 31.9 Å². The Morgan fingerprint density at radius 2 is 1.85 bits per heavy atom. The van der Waals surface area contributed by atoms with Gasteiger partial charge in [-0.2, -0.15) is 13.2 Å². The number of carbonyl (C=O) groups excluding carboxylic acids is 1. The number of nitrogens with zero attached hydrogens (tertiary/aromatic N) is 4. The van der Waals surface area contributed by atoms with Crippen LogP contribution in [0.4, 0.5) is 33.5 Å². The monoisotopic (exact) mass is 484 g/mol. The van der Waals surface area contributed by atoms with Crippen LogP contribution in [-0.4, -0.2) is 65.3 Å². The van der Waals surface area contributed by atoms with Gasteiger partial charge in [0.25, 0.3) is 0 Å². The number of alkyl halides is 3. The van der Waals surface area contributed by atoms with Gasteiger partial charge in [-0.3, -0.25) is 9.69 Å². The molecular formula is C23H25F5N4O2. The van der Waals surface area contributed by atoms with E-state index in [2.05, 4.69) is 4.98 Å². The highest BCUT2D eigenvalue weighted by atomic mass is 19.4. The van der Waals surface area contributed by atoms with Crippen molar-refractivity contribution in [3.63, 3.8) is 0 Å². The molecule has 0 bridgehead atoms. The zero-order valence-corrected chi connectivity index (χ0v) is 18.7. The minimum absolute atomic E-state index is 0.0237. The predicted molar refractivity (Wildman–Crippen MR) is 115 cm³/mol. The third kappa shape index (κ3) is 4.72. The second kappa shape index (κ2) is 9.10. The predicted octanol–water partition coefficient (Wildman–Crippen LogP) is 3.36. The molecule has 0 aliphatic carbocycles. The maximum Gasteiger partial charge on any atom is 0.416 e. The summed E-state index contributed by atoms with van der Waals surface area (Å²) in [6, 6.07) is 3.95. The Bertz CT molecular complexity index is 1070. The van der Waals surface area contributed by atoms with E-state index in [4.69, 9.17) is 0 Å². The van der Waals surface area contributed by atoms with E-state index in [1.807, 2.05) is 4.90 Å². The molecule has 184 valence electrons. The molecule has 4 rings (SSSR count). The number of benzene rings is 1. The molecule has 0 saturated carbocycles. The Balaban J connectivity index is 1.69. The average Bonchev–Trinajstić information content (AvgIpc) is 3.18. The number of β-amino-alcohol motifs (C(OH)–C–C–N with tert-alkyl or cyclic N) is 1. The van der Waals surface area contributed by atoms with Gasteiger partial charge in [0, 0.05) is 49.7 Å². The summed E-state index contributed by atoms with van der Waals surface area (Å²) in [6.07, 6.45) is -4.77. The van der Waals surface area contributed by atoms with Crippen LogP contribution in [0.15, 0.2) is 30.3 Å². The van der Waals surface area contributed by atoms with Crippen molar-refractivity contribution in [1.82, 2.24) is 9.88 Å². The lowest BCUT2D eigenvalue weighted by Gasteiger charge is -2.40. The Hall–Kier alpha value is -2.79. The fourth-order valence-corrected chi connectivity index (χ4v) is 4.61. The van der Waals surface area contributed by atoms with E-state index in [0.717, 1.165) is 24.3 Å². The third-order valence-corrected chi connectivity index (χ3v) is 6.33. The molecule has 1 amide bonds. The maximum absolute atomic E-state index is 13.8. The van der Waals surface area contributed by atoms with E-state index in [-0.39, 0.29) is 36.3 Å². The van der Waals surface area contributed by atoms with Gasteiger partial charge in [0.15, 0.2) is 11.6 Å². The summed E-state index contributed by atoms with van der Waals surface area (Å²) in [6.45, 7) is 4.34. The number of rotatable bonds is 5.